The van der Waals surface area contributed by atoms with Crippen LogP contribution in [0.1, 0.15) is 18.9 Å². The van der Waals surface area contributed by atoms with Gasteiger partial charge in [0.2, 0.25) is 0 Å². The van der Waals surface area contributed by atoms with Gasteiger partial charge in [-0.25, -0.2) is 0 Å². The molecule has 0 atom stereocenters. The highest BCUT2D eigenvalue weighted by molar-refractivity contribution is 6.42. The first-order chi connectivity index (χ1) is 9.72. The van der Waals surface area contributed by atoms with E-state index in [4.69, 9.17) is 27.9 Å². The molecule has 0 aliphatic heterocycles. The summed E-state index contributed by atoms with van der Waals surface area (Å²) in [6.45, 7) is 3.81. The normalized spacial score (nSPS) is 10.6. The molecule has 1 aromatic heterocycles. The third-order valence-electron chi connectivity index (χ3n) is 2.75. The third-order valence-corrected chi connectivity index (χ3v) is 3.55. The first-order valence-electron chi connectivity index (χ1n) is 6.48. The maximum Gasteiger partial charge on any atom is 0.150 e. The minimum atomic E-state index is 0.408. The molecule has 0 fully saturated rings. The Labute approximate surface area is 128 Å². The predicted molar refractivity (Wildman–Crippen MR) is 82.8 cm³/mol. The van der Waals surface area contributed by atoms with Crippen molar-refractivity contribution in [2.75, 3.05) is 6.54 Å². The van der Waals surface area contributed by atoms with Gasteiger partial charge in [0.1, 0.15) is 16.5 Å². The van der Waals surface area contributed by atoms with Crippen LogP contribution >= 0.6 is 23.2 Å². The largest absolute Gasteiger partial charge is 0.454 e. The van der Waals surface area contributed by atoms with E-state index in [9.17, 15) is 0 Å². The third kappa shape index (κ3) is 3.85. The molecule has 1 N–H and O–H groups in total. The van der Waals surface area contributed by atoms with E-state index in [0.29, 0.717) is 21.5 Å². The summed E-state index contributed by atoms with van der Waals surface area (Å²) in [6, 6.07) is 7.24. The maximum absolute atomic E-state index is 6.13. The number of hydrogen-bond donors (Lipinski definition) is 1. The van der Waals surface area contributed by atoms with Gasteiger partial charge >= 0.3 is 0 Å². The van der Waals surface area contributed by atoms with Gasteiger partial charge in [-0.1, -0.05) is 36.2 Å². The molecule has 0 radical (unpaired) electrons. The average Bonchev–Trinajstić information content (AvgIpc) is 2.46. The van der Waals surface area contributed by atoms with Crippen LogP contribution in [0.25, 0.3) is 0 Å². The van der Waals surface area contributed by atoms with Crippen molar-refractivity contribution in [3.05, 3.63) is 52.3 Å². The molecule has 5 heteroatoms. The Bertz CT molecular complexity index is 576. The van der Waals surface area contributed by atoms with Crippen LogP contribution in [0.2, 0.25) is 10.0 Å². The summed E-state index contributed by atoms with van der Waals surface area (Å²) in [5.41, 5.74) is 1.03. The van der Waals surface area contributed by atoms with Gasteiger partial charge in [-0.15, -0.1) is 0 Å². The van der Waals surface area contributed by atoms with Gasteiger partial charge in [0, 0.05) is 18.3 Å². The fourth-order valence-corrected chi connectivity index (χ4v) is 2.06. The maximum atomic E-state index is 6.13. The van der Waals surface area contributed by atoms with Crippen molar-refractivity contribution >= 4 is 23.2 Å². The van der Waals surface area contributed by atoms with E-state index in [1.807, 2.05) is 6.07 Å². The highest BCUT2D eigenvalue weighted by Gasteiger charge is 2.09. The first-order valence-corrected chi connectivity index (χ1v) is 7.23. The van der Waals surface area contributed by atoms with Crippen molar-refractivity contribution in [2.24, 2.45) is 0 Å². The van der Waals surface area contributed by atoms with E-state index in [0.717, 1.165) is 25.1 Å². The van der Waals surface area contributed by atoms with Gasteiger partial charge in [-0.2, -0.15) is 0 Å². The molecular weight excluding hydrogens is 295 g/mol. The fourth-order valence-electron chi connectivity index (χ4n) is 1.73. The summed E-state index contributed by atoms with van der Waals surface area (Å²) in [5.74, 6) is 1.21. The lowest BCUT2D eigenvalue weighted by Crippen LogP contribution is -2.14. The van der Waals surface area contributed by atoms with E-state index in [2.05, 4.69) is 17.2 Å². The Balaban J connectivity index is 2.18. The van der Waals surface area contributed by atoms with Crippen molar-refractivity contribution in [1.29, 1.82) is 0 Å². The van der Waals surface area contributed by atoms with E-state index in [-0.39, 0.29) is 0 Å². The van der Waals surface area contributed by atoms with Gasteiger partial charge in [0.25, 0.3) is 0 Å². The second-order valence-corrected chi connectivity index (χ2v) is 5.10. The number of ether oxygens (including phenoxy) is 1. The zero-order valence-electron chi connectivity index (χ0n) is 11.2. The molecule has 0 bridgehead atoms. The monoisotopic (exact) mass is 310 g/mol. The van der Waals surface area contributed by atoms with Crippen molar-refractivity contribution < 1.29 is 4.74 Å². The topological polar surface area (TPSA) is 34.2 Å². The molecule has 0 aliphatic rings. The lowest BCUT2D eigenvalue weighted by Gasteiger charge is -2.12. The van der Waals surface area contributed by atoms with Crippen molar-refractivity contribution in [3.8, 4) is 11.5 Å². The number of halogens is 2. The van der Waals surface area contributed by atoms with Crippen molar-refractivity contribution in [2.45, 2.75) is 19.9 Å². The van der Waals surface area contributed by atoms with Gasteiger partial charge in [-0.3, -0.25) is 4.98 Å². The minimum absolute atomic E-state index is 0.408. The number of nitrogens with zero attached hydrogens (tertiary/aromatic N) is 1. The average molecular weight is 311 g/mol. The van der Waals surface area contributed by atoms with Crippen LogP contribution in [0.5, 0.6) is 11.5 Å². The molecule has 0 amide bonds. The van der Waals surface area contributed by atoms with Gasteiger partial charge in [0.15, 0.2) is 0 Å². The van der Waals surface area contributed by atoms with E-state index >= 15 is 0 Å². The zero-order chi connectivity index (χ0) is 14.4. The SMILES string of the molecule is CCCNCc1ccncc1Oc1cccc(Cl)c1Cl. The van der Waals surface area contributed by atoms with E-state index < -0.39 is 0 Å². The van der Waals surface area contributed by atoms with E-state index in [1.54, 1.807) is 30.6 Å². The van der Waals surface area contributed by atoms with Crippen LogP contribution in [-0.2, 0) is 6.54 Å². The molecule has 0 saturated heterocycles. The predicted octanol–water partition coefficient (Wildman–Crippen LogP) is 4.68. The molecule has 1 heterocycles. The molecular formula is C15H16Cl2N2O. The van der Waals surface area contributed by atoms with Crippen LogP contribution in [0.3, 0.4) is 0 Å². The Morgan fingerprint density at radius 1 is 1.20 bits per heavy atom. The summed E-state index contributed by atoms with van der Waals surface area (Å²) in [4.78, 5) is 4.09. The fraction of sp³-hybridized carbons (Fsp3) is 0.267. The summed E-state index contributed by atoms with van der Waals surface area (Å²) < 4.78 is 5.83. The summed E-state index contributed by atoms with van der Waals surface area (Å²) in [7, 11) is 0. The molecule has 20 heavy (non-hydrogen) atoms. The quantitative estimate of drug-likeness (QED) is 0.787. The Hall–Kier alpha value is -1.29. The molecule has 0 aliphatic carbocycles. The second-order valence-electron chi connectivity index (χ2n) is 4.31. The number of nitrogens with one attached hydrogen (secondary N) is 1. The van der Waals surface area contributed by atoms with Crippen LogP contribution in [-0.4, -0.2) is 11.5 Å². The summed E-state index contributed by atoms with van der Waals surface area (Å²) in [6.07, 6.45) is 4.51. The summed E-state index contributed by atoms with van der Waals surface area (Å²) >= 11 is 12.1. The molecule has 2 rings (SSSR count). The summed E-state index contributed by atoms with van der Waals surface area (Å²) in [5, 5.41) is 4.22. The standard InChI is InChI=1S/C15H16Cl2N2O/c1-2-7-18-9-11-6-8-19-10-14(11)20-13-5-3-4-12(16)15(13)17/h3-6,8,10,18H,2,7,9H2,1H3. The molecule has 2 aromatic rings. The lowest BCUT2D eigenvalue weighted by atomic mass is 10.2. The molecule has 106 valence electrons. The first kappa shape index (κ1) is 15.1. The number of aromatic nitrogens is 1. The molecule has 0 unspecified atom stereocenters. The number of rotatable bonds is 6. The highest BCUT2D eigenvalue weighted by Crippen LogP contribution is 2.35. The zero-order valence-corrected chi connectivity index (χ0v) is 12.7. The van der Waals surface area contributed by atoms with Crippen molar-refractivity contribution in [1.82, 2.24) is 10.3 Å². The van der Waals surface area contributed by atoms with Gasteiger partial charge in [-0.05, 0) is 31.2 Å². The second kappa shape index (κ2) is 7.48. The molecule has 1 aromatic carbocycles. The Morgan fingerprint density at radius 3 is 2.85 bits per heavy atom. The lowest BCUT2D eigenvalue weighted by molar-refractivity contribution is 0.470. The molecule has 0 saturated carbocycles. The van der Waals surface area contributed by atoms with Crippen LogP contribution < -0.4 is 10.1 Å². The highest BCUT2D eigenvalue weighted by atomic mass is 35.5. The van der Waals surface area contributed by atoms with Gasteiger partial charge in [0.05, 0.1) is 11.2 Å². The van der Waals surface area contributed by atoms with E-state index in [1.165, 1.54) is 0 Å². The van der Waals surface area contributed by atoms with Crippen molar-refractivity contribution in [3.63, 3.8) is 0 Å². The Morgan fingerprint density at radius 2 is 2.05 bits per heavy atom. The number of benzene rings is 1. The Kier molecular flexibility index (Phi) is 5.65. The number of pyridine rings is 1. The molecule has 3 nitrogen and oxygen atoms in total. The smallest absolute Gasteiger partial charge is 0.150 e. The molecule has 0 spiro atoms. The number of hydrogen-bond acceptors (Lipinski definition) is 3. The van der Waals surface area contributed by atoms with Crippen LogP contribution in [0.4, 0.5) is 0 Å². The minimum Gasteiger partial charge on any atom is -0.454 e. The van der Waals surface area contributed by atoms with Crippen LogP contribution in [0.15, 0.2) is 36.7 Å². The van der Waals surface area contributed by atoms with Gasteiger partial charge < -0.3 is 10.1 Å². The van der Waals surface area contributed by atoms with Crippen LogP contribution in [0, 0.1) is 0 Å².